The summed E-state index contributed by atoms with van der Waals surface area (Å²) >= 11 is 0. The molecular formula is C49H55BF2N6NaO3. The van der Waals surface area contributed by atoms with Gasteiger partial charge in [-0.05, 0) is 159 Å². The van der Waals surface area contributed by atoms with Crippen molar-refractivity contribution in [2.45, 2.75) is 83.2 Å². The van der Waals surface area contributed by atoms with Crippen molar-refractivity contribution in [3.05, 3.63) is 143 Å². The number of nitrogens with zero attached hydrogens (tertiary/aromatic N) is 4. The number of carbonyl (C=O) groups excluding carboxylic acids is 1. The van der Waals surface area contributed by atoms with Gasteiger partial charge >= 0.3 is 29.6 Å². The van der Waals surface area contributed by atoms with Crippen LogP contribution in [0.15, 0.2) is 97.3 Å². The fraction of sp³-hybridized carbons (Fsp3) is 0.327. The summed E-state index contributed by atoms with van der Waals surface area (Å²) in [5.74, 6) is 1.59. The van der Waals surface area contributed by atoms with E-state index in [9.17, 15) is 18.7 Å². The van der Waals surface area contributed by atoms with Crippen LogP contribution in [0.4, 0.5) is 20.4 Å². The zero-order chi connectivity index (χ0) is 42.1. The standard InChI is InChI=1S/C24H26FN3O.C24H24FN3O.CH4O.B.Na.H/c2*25-20-9-12-23-19(15-20)14-17(16-27-23)7-11-22(29)6-2-1-5-21-10-8-18-4-3-13-26-24(18)28-21;1-2;;;/h7-12,14-16,22,29H,1-6,13H2,(H,26,28);7-12,14-16H,1-6,13H2,(H,26,28);2H,1H3;;;/q;;;;+1;-1/b2*11-7+;;;;. The van der Waals surface area contributed by atoms with Crippen molar-refractivity contribution in [1.82, 2.24) is 19.9 Å². The van der Waals surface area contributed by atoms with Gasteiger partial charge in [-0.3, -0.25) is 14.8 Å². The fourth-order valence-electron chi connectivity index (χ4n) is 7.29. The summed E-state index contributed by atoms with van der Waals surface area (Å²) in [4.78, 5) is 30.2. The van der Waals surface area contributed by atoms with Gasteiger partial charge in [-0.1, -0.05) is 30.7 Å². The number of benzene rings is 2. The minimum atomic E-state index is -0.503. The summed E-state index contributed by atoms with van der Waals surface area (Å²) in [5, 5.41) is 25.4. The first-order valence-electron chi connectivity index (χ1n) is 20.9. The molecular weight excluding hydrogens is 792 g/mol. The van der Waals surface area contributed by atoms with Crippen molar-refractivity contribution in [2.75, 3.05) is 30.8 Å². The Labute approximate surface area is 389 Å². The Bertz CT molecular complexity index is 2440. The van der Waals surface area contributed by atoms with E-state index in [-0.39, 0.29) is 56.8 Å². The molecule has 0 aliphatic carbocycles. The molecule has 62 heavy (non-hydrogen) atoms. The summed E-state index contributed by atoms with van der Waals surface area (Å²) in [6, 6.07) is 21.3. The molecule has 1 unspecified atom stereocenters. The van der Waals surface area contributed by atoms with Crippen LogP contribution < -0.4 is 40.2 Å². The second kappa shape index (κ2) is 25.9. The second-order valence-corrected chi connectivity index (χ2v) is 15.1. The van der Waals surface area contributed by atoms with E-state index in [0.29, 0.717) is 12.8 Å². The summed E-state index contributed by atoms with van der Waals surface area (Å²) in [5.41, 5.74) is 7.94. The maximum atomic E-state index is 13.4. The molecule has 0 bridgehead atoms. The number of carbonyl (C=O) groups is 1. The van der Waals surface area contributed by atoms with Crippen LogP contribution in [0.5, 0.6) is 0 Å². The Kier molecular flexibility index (Phi) is 20.8. The number of aliphatic hydroxyl groups excluding tert-OH is 2. The second-order valence-electron chi connectivity index (χ2n) is 15.1. The smallest absolute Gasteiger partial charge is 1.00 e. The Hall–Kier alpha value is -4.85. The van der Waals surface area contributed by atoms with E-state index in [4.69, 9.17) is 15.1 Å². The molecule has 0 saturated carbocycles. The van der Waals surface area contributed by atoms with E-state index in [2.05, 4.69) is 44.9 Å². The third-order valence-corrected chi connectivity index (χ3v) is 10.5. The van der Waals surface area contributed by atoms with E-state index in [0.717, 1.165) is 134 Å². The normalized spacial score (nSPS) is 13.2. The van der Waals surface area contributed by atoms with Crippen LogP contribution in [0.25, 0.3) is 34.0 Å². The summed E-state index contributed by atoms with van der Waals surface area (Å²) in [6.07, 6.45) is 21.1. The first kappa shape index (κ1) is 49.8. The molecule has 4 N–H and O–H groups in total. The number of rotatable bonds is 14. The maximum absolute atomic E-state index is 13.4. The van der Waals surface area contributed by atoms with Gasteiger partial charge in [0.15, 0.2) is 5.78 Å². The topological polar surface area (TPSA) is 133 Å². The van der Waals surface area contributed by atoms with Crippen molar-refractivity contribution in [2.24, 2.45) is 0 Å². The van der Waals surface area contributed by atoms with Crippen LogP contribution in [0.3, 0.4) is 0 Å². The molecule has 2 aliphatic rings. The summed E-state index contributed by atoms with van der Waals surface area (Å²) in [7, 11) is 1.00. The predicted octanol–water partition coefficient (Wildman–Crippen LogP) is 6.38. The van der Waals surface area contributed by atoms with Gasteiger partial charge in [-0.25, -0.2) is 18.7 Å². The Morgan fingerprint density at radius 1 is 0.726 bits per heavy atom. The average Bonchev–Trinajstić information content (AvgIpc) is 3.28. The van der Waals surface area contributed by atoms with Crippen LogP contribution in [0, 0.1) is 11.6 Å². The molecule has 6 aromatic rings. The summed E-state index contributed by atoms with van der Waals surface area (Å²) < 4.78 is 26.7. The van der Waals surface area contributed by atoms with E-state index in [1.54, 1.807) is 42.8 Å². The Morgan fingerprint density at radius 2 is 1.24 bits per heavy atom. The van der Waals surface area contributed by atoms with Gasteiger partial charge < -0.3 is 22.3 Å². The first-order chi connectivity index (χ1) is 29.3. The van der Waals surface area contributed by atoms with Crippen LogP contribution in [-0.4, -0.2) is 70.6 Å². The zero-order valence-electron chi connectivity index (χ0n) is 36.8. The van der Waals surface area contributed by atoms with Crippen molar-refractivity contribution < 1.29 is 54.8 Å². The third kappa shape index (κ3) is 15.2. The molecule has 9 nitrogen and oxygen atoms in total. The molecule has 1 atom stereocenters. The van der Waals surface area contributed by atoms with Crippen LogP contribution in [0.1, 0.15) is 86.4 Å². The molecule has 0 fully saturated rings. The van der Waals surface area contributed by atoms with Gasteiger partial charge in [0.05, 0.1) is 17.1 Å². The predicted molar refractivity (Wildman–Crippen MR) is 245 cm³/mol. The molecule has 2 aliphatic heterocycles. The molecule has 2 aromatic carbocycles. The van der Waals surface area contributed by atoms with Gasteiger partial charge in [-0.15, -0.1) is 0 Å². The molecule has 0 saturated heterocycles. The molecule has 0 spiro atoms. The van der Waals surface area contributed by atoms with Gasteiger partial charge in [0, 0.05) is 69.6 Å². The molecule has 4 aromatic heterocycles. The number of nitrogens with one attached hydrogen (secondary N) is 2. The van der Waals surface area contributed by atoms with E-state index in [1.165, 1.54) is 41.8 Å². The fourth-order valence-corrected chi connectivity index (χ4v) is 7.29. The van der Waals surface area contributed by atoms with Crippen molar-refractivity contribution in [1.29, 1.82) is 0 Å². The molecule has 0 amide bonds. The number of aliphatic hydroxyl groups is 2. The van der Waals surface area contributed by atoms with Gasteiger partial charge in [-0.2, -0.15) is 0 Å². The number of hydrogen-bond donors (Lipinski definition) is 4. The number of unbranched alkanes of at least 4 members (excludes halogenated alkanes) is 2. The van der Waals surface area contributed by atoms with Gasteiger partial charge in [0.2, 0.25) is 0 Å². The number of allylic oxidation sites excluding steroid dienone is 1. The molecule has 13 heteroatoms. The number of fused-ring (bicyclic) bond motifs is 4. The van der Waals surface area contributed by atoms with Crippen molar-refractivity contribution in [3.8, 4) is 0 Å². The largest absolute Gasteiger partial charge is 1.00 e. The monoisotopic (exact) mass is 847 g/mol. The van der Waals surface area contributed by atoms with E-state index < -0.39 is 6.10 Å². The van der Waals surface area contributed by atoms with E-state index in [1.807, 2.05) is 18.2 Å². The number of ketones is 1. The average molecular weight is 848 g/mol. The number of aromatic nitrogens is 4. The molecule has 317 valence electrons. The van der Waals surface area contributed by atoms with Gasteiger partial charge in [0.25, 0.3) is 0 Å². The Morgan fingerprint density at radius 3 is 1.79 bits per heavy atom. The molecule has 6 heterocycles. The minimum Gasteiger partial charge on any atom is -1.00 e. The number of anilines is 2. The van der Waals surface area contributed by atoms with Crippen LogP contribution in [-0.2, 0) is 30.5 Å². The number of pyridine rings is 4. The third-order valence-electron chi connectivity index (χ3n) is 10.5. The summed E-state index contributed by atoms with van der Waals surface area (Å²) in [6.45, 7) is 2.00. The Balaban J connectivity index is 0.000000309. The number of halogens is 2. The first-order valence-corrected chi connectivity index (χ1v) is 20.9. The zero-order valence-corrected chi connectivity index (χ0v) is 37.8. The van der Waals surface area contributed by atoms with Gasteiger partial charge in [0.1, 0.15) is 23.3 Å². The SMILES string of the molecule is CO.O=C(/C=C/c1cnc2ccc(F)cc2c1)CCCCc1ccc2c(n1)NCCC2.OC(/C=C/c1cnc2ccc(F)cc2c1)CCCCc1ccc2c(n1)NCCC2.[B].[H-].[Na+]. The van der Waals surface area contributed by atoms with Crippen LogP contribution in [0.2, 0.25) is 0 Å². The molecule has 8 rings (SSSR count). The quantitative estimate of drug-likeness (QED) is 0.0561. The van der Waals surface area contributed by atoms with Crippen molar-refractivity contribution >= 4 is 59.8 Å². The van der Waals surface area contributed by atoms with Crippen molar-refractivity contribution in [3.63, 3.8) is 0 Å². The maximum Gasteiger partial charge on any atom is 1.00 e. The minimum absolute atomic E-state index is 0. The van der Waals surface area contributed by atoms with Crippen LogP contribution >= 0.6 is 0 Å². The molecule has 3 radical (unpaired) electrons. The number of aryl methyl sites for hydroxylation is 4. The number of hydrogen-bond acceptors (Lipinski definition) is 9. The van der Waals surface area contributed by atoms with E-state index >= 15 is 0 Å².